The molecule has 174 valence electrons. The van der Waals surface area contributed by atoms with Gasteiger partial charge in [-0.2, -0.15) is 0 Å². The summed E-state index contributed by atoms with van der Waals surface area (Å²) in [7, 11) is 0. The van der Waals surface area contributed by atoms with Crippen LogP contribution in [0, 0.1) is 26.3 Å². The maximum absolute atomic E-state index is 13.4. The van der Waals surface area contributed by atoms with Gasteiger partial charge in [0.25, 0.3) is 11.8 Å². The number of hydrogen-bond acceptors (Lipinski definition) is 4. The molecule has 0 bridgehead atoms. The molecule has 2 rings (SSSR count). The van der Waals surface area contributed by atoms with Crippen molar-refractivity contribution in [1.82, 2.24) is 10.2 Å². The minimum atomic E-state index is -1.11. The van der Waals surface area contributed by atoms with Gasteiger partial charge in [0.2, 0.25) is 0 Å². The first-order chi connectivity index (χ1) is 15.4. The van der Waals surface area contributed by atoms with Crippen molar-refractivity contribution in [3.8, 4) is 12.5 Å². The highest BCUT2D eigenvalue weighted by Crippen LogP contribution is 2.26. The van der Waals surface area contributed by atoms with Crippen LogP contribution in [0.4, 0.5) is 10.5 Å². The van der Waals surface area contributed by atoms with E-state index in [1.165, 1.54) is 6.92 Å². The van der Waals surface area contributed by atoms with Crippen LogP contribution in [0.5, 0.6) is 0 Å². The van der Waals surface area contributed by atoms with E-state index in [4.69, 9.17) is 11.2 Å². The van der Waals surface area contributed by atoms with E-state index in [-0.39, 0.29) is 0 Å². The number of rotatable bonds is 6. The smallest absolute Gasteiger partial charge is 0.408 e. The van der Waals surface area contributed by atoms with E-state index in [0.29, 0.717) is 11.3 Å². The number of benzene rings is 2. The minimum Gasteiger partial charge on any atom is -0.444 e. The lowest BCUT2D eigenvalue weighted by Gasteiger charge is -2.29. The molecule has 7 nitrogen and oxygen atoms in total. The van der Waals surface area contributed by atoms with Crippen molar-refractivity contribution in [3.05, 3.63) is 65.2 Å². The van der Waals surface area contributed by atoms with Crippen LogP contribution in [0.1, 0.15) is 50.4 Å². The van der Waals surface area contributed by atoms with E-state index in [9.17, 15) is 14.4 Å². The Morgan fingerprint density at radius 3 is 2.09 bits per heavy atom. The van der Waals surface area contributed by atoms with Gasteiger partial charge in [-0.15, -0.1) is 0 Å². The first-order valence-corrected chi connectivity index (χ1v) is 10.7. The Kier molecular flexibility index (Phi) is 8.25. The van der Waals surface area contributed by atoms with E-state index >= 15 is 0 Å². The fourth-order valence-electron chi connectivity index (χ4n) is 3.28. The molecule has 0 aliphatic rings. The lowest BCUT2D eigenvalue weighted by Crippen LogP contribution is -2.49. The van der Waals surface area contributed by atoms with Crippen molar-refractivity contribution < 1.29 is 19.1 Å². The molecule has 0 aromatic heterocycles. The summed E-state index contributed by atoms with van der Waals surface area (Å²) in [5, 5.41) is 5.40. The summed E-state index contributed by atoms with van der Waals surface area (Å²) in [5.74, 6) is -1.08. The Morgan fingerprint density at radius 1 is 1.00 bits per heavy atom. The molecular weight excluding hydrogens is 418 g/mol. The number of ether oxygens (including phenoxy) is 1. The average molecular weight is 450 g/mol. The van der Waals surface area contributed by atoms with Crippen LogP contribution in [0.15, 0.2) is 48.5 Å². The zero-order chi connectivity index (χ0) is 24.8. The summed E-state index contributed by atoms with van der Waals surface area (Å²) < 4.78 is 5.22. The highest BCUT2D eigenvalue weighted by molar-refractivity contribution is 6.00. The Labute approximate surface area is 195 Å². The topological polar surface area (TPSA) is 87.7 Å². The zero-order valence-corrected chi connectivity index (χ0v) is 19.9. The first kappa shape index (κ1) is 25.5. The van der Waals surface area contributed by atoms with Gasteiger partial charge in [-0.05, 0) is 58.2 Å². The molecular formula is C26H31N3O4. The lowest BCUT2D eigenvalue weighted by atomic mass is 10.0. The molecule has 0 fully saturated rings. The van der Waals surface area contributed by atoms with E-state index in [1.807, 2.05) is 32.0 Å². The van der Waals surface area contributed by atoms with Crippen molar-refractivity contribution in [2.75, 3.05) is 5.32 Å². The molecule has 0 saturated carbocycles. The standard InChI is InChI=1S/C26H31N3O4/c1-8-29(24(31)19(4)27-25(32)33-26(5,6)7)22(20-15-10-9-11-16-20)23(30)28-21-17(2)13-12-14-18(21)3/h1,9-16,19,22H,2-7H3,(H,27,32)(H,28,30). The van der Waals surface area contributed by atoms with E-state index in [0.717, 1.165) is 16.0 Å². The zero-order valence-electron chi connectivity index (χ0n) is 19.9. The Bertz CT molecular complexity index is 1030. The van der Waals surface area contributed by atoms with E-state index < -0.39 is 35.6 Å². The maximum Gasteiger partial charge on any atom is 0.408 e. The predicted octanol–water partition coefficient (Wildman–Crippen LogP) is 4.32. The summed E-state index contributed by atoms with van der Waals surface area (Å²) in [5.41, 5.74) is 2.24. The van der Waals surface area contributed by atoms with Gasteiger partial charge in [0.05, 0.1) is 0 Å². The van der Waals surface area contributed by atoms with Crippen LogP contribution >= 0.6 is 0 Å². The number of nitrogens with zero attached hydrogens (tertiary/aromatic N) is 1. The lowest BCUT2D eigenvalue weighted by molar-refractivity contribution is -0.136. The molecule has 2 aromatic rings. The number of terminal acetylenes is 1. The van der Waals surface area contributed by atoms with Gasteiger partial charge in [-0.25, -0.2) is 4.79 Å². The van der Waals surface area contributed by atoms with Crippen molar-refractivity contribution in [2.24, 2.45) is 0 Å². The first-order valence-electron chi connectivity index (χ1n) is 10.7. The van der Waals surface area contributed by atoms with E-state index in [2.05, 4.69) is 16.7 Å². The number of carbonyl (C=O) groups is 3. The molecule has 33 heavy (non-hydrogen) atoms. The van der Waals surface area contributed by atoms with Crippen molar-refractivity contribution in [1.29, 1.82) is 0 Å². The molecule has 2 unspecified atom stereocenters. The normalized spacial score (nSPS) is 12.6. The number of hydrogen-bond donors (Lipinski definition) is 2. The maximum atomic E-state index is 13.4. The number of nitrogens with one attached hydrogen (secondary N) is 2. The highest BCUT2D eigenvalue weighted by Gasteiger charge is 2.34. The van der Waals surface area contributed by atoms with Crippen LogP contribution in [0.3, 0.4) is 0 Å². The molecule has 3 amide bonds. The molecule has 0 radical (unpaired) electrons. The monoisotopic (exact) mass is 449 g/mol. The average Bonchev–Trinajstić information content (AvgIpc) is 2.73. The number of carbonyl (C=O) groups excluding carboxylic acids is 3. The summed E-state index contributed by atoms with van der Waals surface area (Å²) in [4.78, 5) is 39.8. The summed E-state index contributed by atoms with van der Waals surface area (Å²) in [6.07, 6.45) is 4.95. The second-order valence-corrected chi connectivity index (χ2v) is 8.77. The van der Waals surface area contributed by atoms with Gasteiger partial charge in [0.15, 0.2) is 0 Å². The number of anilines is 1. The number of para-hydroxylation sites is 1. The molecule has 0 aliphatic carbocycles. The number of alkyl carbamates (subject to hydrolysis) is 1. The Balaban J connectivity index is 2.35. The summed E-state index contributed by atoms with van der Waals surface area (Å²) in [6.45, 7) is 10.4. The Hall–Kier alpha value is -3.79. The second-order valence-electron chi connectivity index (χ2n) is 8.77. The van der Waals surface area contributed by atoms with Crippen LogP contribution in [0.25, 0.3) is 0 Å². The third kappa shape index (κ3) is 6.84. The third-order valence-electron chi connectivity index (χ3n) is 4.83. The van der Waals surface area contributed by atoms with Crippen LogP contribution in [0.2, 0.25) is 0 Å². The van der Waals surface area contributed by atoms with Gasteiger partial charge >= 0.3 is 6.09 Å². The molecule has 0 heterocycles. The molecule has 0 aliphatic heterocycles. The second kappa shape index (κ2) is 10.7. The van der Waals surface area contributed by atoms with Gasteiger partial charge in [0.1, 0.15) is 17.7 Å². The summed E-state index contributed by atoms with van der Waals surface area (Å²) >= 11 is 0. The van der Waals surface area contributed by atoms with Gasteiger partial charge in [-0.3, -0.25) is 14.5 Å². The predicted molar refractivity (Wildman–Crippen MR) is 128 cm³/mol. The molecule has 7 heteroatoms. The van der Waals surface area contributed by atoms with Gasteiger partial charge in [-0.1, -0.05) is 55.0 Å². The molecule has 2 aromatic carbocycles. The third-order valence-corrected chi connectivity index (χ3v) is 4.83. The van der Waals surface area contributed by atoms with Gasteiger partial charge < -0.3 is 15.4 Å². The van der Waals surface area contributed by atoms with Crippen LogP contribution in [-0.4, -0.2) is 34.5 Å². The quantitative estimate of drug-likeness (QED) is 0.508. The van der Waals surface area contributed by atoms with Gasteiger partial charge in [0, 0.05) is 11.7 Å². The number of aryl methyl sites for hydroxylation is 2. The molecule has 0 saturated heterocycles. The molecule has 0 spiro atoms. The Morgan fingerprint density at radius 2 is 1.58 bits per heavy atom. The molecule has 2 N–H and O–H groups in total. The number of amides is 3. The van der Waals surface area contributed by atoms with Crippen molar-refractivity contribution in [3.63, 3.8) is 0 Å². The fraction of sp³-hybridized carbons (Fsp3) is 0.346. The van der Waals surface area contributed by atoms with Crippen LogP contribution in [-0.2, 0) is 14.3 Å². The SMILES string of the molecule is C#CN(C(=O)C(C)NC(=O)OC(C)(C)C)C(C(=O)Nc1c(C)cccc1C)c1ccccc1. The van der Waals surface area contributed by atoms with E-state index in [1.54, 1.807) is 51.1 Å². The minimum absolute atomic E-state index is 0.464. The summed E-state index contributed by atoms with van der Waals surface area (Å²) in [6, 6.07) is 14.6. The van der Waals surface area contributed by atoms with Crippen LogP contribution < -0.4 is 10.6 Å². The van der Waals surface area contributed by atoms with Crippen molar-refractivity contribution in [2.45, 2.75) is 59.2 Å². The van der Waals surface area contributed by atoms with Crippen molar-refractivity contribution >= 4 is 23.6 Å². The largest absolute Gasteiger partial charge is 0.444 e. The highest BCUT2D eigenvalue weighted by atomic mass is 16.6. The fourth-order valence-corrected chi connectivity index (χ4v) is 3.28. The molecule has 2 atom stereocenters.